The quantitative estimate of drug-likeness (QED) is 0.0252. The minimum atomic E-state index is -1.06. The third-order valence-corrected chi connectivity index (χ3v) is 18.3. The molecule has 0 aliphatic carbocycles. The minimum Gasteiger partial charge on any atom is -0.481 e. The first-order valence-corrected chi connectivity index (χ1v) is 39.5. The number of Topliss-reactive ketones (excluding diaryl/α,β-unsaturated/α-hetero) is 5. The van der Waals surface area contributed by atoms with Gasteiger partial charge in [0, 0.05) is 88.9 Å². The van der Waals surface area contributed by atoms with Gasteiger partial charge in [-0.2, -0.15) is 0 Å². The predicted molar refractivity (Wildman–Crippen MR) is 408 cm³/mol. The molecule has 600 valence electrons. The molecule has 0 bridgehead atoms. The number of hydrogen-bond acceptors (Lipinski definition) is 16. The number of aliphatic carboxylic acids is 4. The first-order valence-electron chi connectivity index (χ1n) is 39.5. The van der Waals surface area contributed by atoms with E-state index in [1.807, 2.05) is 34.6 Å². The molecule has 0 aliphatic rings. The molecular formula is C79H147N7O17. The number of hydrogen-bond donors (Lipinski definition) is 11. The van der Waals surface area contributed by atoms with Crippen LogP contribution in [0.25, 0.3) is 0 Å². The van der Waals surface area contributed by atoms with Gasteiger partial charge >= 0.3 is 23.9 Å². The van der Waals surface area contributed by atoms with Gasteiger partial charge in [0.2, 0.25) is 23.6 Å². The highest BCUT2D eigenvalue weighted by Gasteiger charge is 2.24. The molecule has 0 spiro atoms. The molecular weight excluding hydrogens is 1320 g/mol. The standard InChI is InChI=1S/C35H64N4O8.C31H57N3O7.C7H14O.C6H12O/c1-27(40)30(36)19-14-17-25-39-34(45)31(37)20-15-16-24-38-32(42)23-22-28(35(46)47)26-29(41)18-12-10-8-6-4-2-3-5-7-9-11-13-21-33(43)44;1-2-22-34-30(39)27(32)18-15-16-23-33-28(36)21-20-25(31(40)41)24-26(35)17-13-11-9-7-5-3-4-6-8-10-12-14-19-29(37)38;1-4-5-6(2)7(3)8;1-5(7)6(2,3)4/h28,30-31H,2-26,36-37H2,1H3,(H,38,42)(H,39,45)(H,43,44)(H,46,47);25,27H,2-24,32H2,1H3,(H,33,36)(H,34,39)(H,37,38)(H,40,41);6H,4-5H2,1-3H3;1-4H3/t28-,30+,31+;25-,27+;6-;/m110./s1. The smallest absolute Gasteiger partial charge is 0.306 e. The summed E-state index contributed by atoms with van der Waals surface area (Å²) in [5.41, 5.74) is 17.3. The average Bonchev–Trinajstić information content (AvgIpc) is 0.960. The Bertz CT molecular complexity index is 2310. The Morgan fingerprint density at radius 1 is 0.330 bits per heavy atom. The topological polar surface area (TPSA) is 429 Å². The molecule has 0 heterocycles. The number of amides is 4. The summed E-state index contributed by atoms with van der Waals surface area (Å²) in [7, 11) is 0. The van der Waals surface area contributed by atoms with Gasteiger partial charge in [-0.1, -0.05) is 176 Å². The van der Waals surface area contributed by atoms with Crippen LogP contribution in [0.5, 0.6) is 0 Å². The van der Waals surface area contributed by atoms with E-state index in [1.165, 1.54) is 64.7 Å². The largest absolute Gasteiger partial charge is 0.481 e. The van der Waals surface area contributed by atoms with Crippen LogP contribution in [0.4, 0.5) is 0 Å². The Labute approximate surface area is 620 Å². The average molecular weight is 1470 g/mol. The van der Waals surface area contributed by atoms with Gasteiger partial charge in [-0.25, -0.2) is 0 Å². The van der Waals surface area contributed by atoms with Crippen molar-refractivity contribution in [3.63, 3.8) is 0 Å². The second-order valence-electron chi connectivity index (χ2n) is 29.2. The van der Waals surface area contributed by atoms with Crippen molar-refractivity contribution in [3.8, 4) is 0 Å². The lowest BCUT2D eigenvalue weighted by atomic mass is 9.92. The molecule has 0 aromatic rings. The Balaban J connectivity index is -0.000000793. The van der Waals surface area contributed by atoms with Crippen LogP contribution >= 0.6 is 0 Å². The Morgan fingerprint density at radius 2 is 0.612 bits per heavy atom. The molecule has 0 radical (unpaired) electrons. The molecule has 0 rings (SSSR count). The number of carboxylic acids is 4. The van der Waals surface area contributed by atoms with Gasteiger partial charge in [0.15, 0.2) is 0 Å². The highest BCUT2D eigenvalue weighted by molar-refractivity contribution is 5.86. The SMILES string of the molecule is CC(=O)C(C)(C)C.CC(=O)[C@@H](N)CCCCNC(=O)[C@@H](N)CCCCNC(=O)CC[C@H](CC(=O)CCCCCCCCCCCCCCC(=O)O)C(=O)O.CCCNC(=O)[C@@H](N)CCCCNC(=O)CC[C@H](CC(=O)CCCCCCCCCCCCCCC(=O)O)C(=O)O.CCC[C@H](C)C(C)=O. The van der Waals surface area contributed by atoms with E-state index >= 15 is 0 Å². The molecule has 0 aromatic carbocycles. The van der Waals surface area contributed by atoms with Gasteiger partial charge in [-0.15, -0.1) is 0 Å². The van der Waals surface area contributed by atoms with Crippen LogP contribution < -0.4 is 38.5 Å². The Hall–Kier alpha value is -6.01. The molecule has 4 amide bonds. The van der Waals surface area contributed by atoms with E-state index < -0.39 is 53.8 Å². The van der Waals surface area contributed by atoms with E-state index in [0.717, 1.165) is 122 Å². The maximum atomic E-state index is 12.4. The van der Waals surface area contributed by atoms with Crippen LogP contribution in [-0.4, -0.2) is 141 Å². The number of ketones is 5. The fraction of sp³-hybridized carbons (Fsp3) is 0.835. The zero-order valence-electron chi connectivity index (χ0n) is 65.6. The van der Waals surface area contributed by atoms with E-state index in [1.54, 1.807) is 13.8 Å². The monoisotopic (exact) mass is 1470 g/mol. The van der Waals surface area contributed by atoms with Crippen molar-refractivity contribution in [1.29, 1.82) is 0 Å². The van der Waals surface area contributed by atoms with Crippen molar-refractivity contribution in [1.82, 2.24) is 21.3 Å². The second-order valence-corrected chi connectivity index (χ2v) is 29.2. The normalized spacial score (nSPS) is 12.7. The molecule has 24 nitrogen and oxygen atoms in total. The van der Waals surface area contributed by atoms with Crippen molar-refractivity contribution in [2.45, 2.75) is 376 Å². The third-order valence-electron chi connectivity index (χ3n) is 18.3. The molecule has 0 aromatic heterocycles. The summed E-state index contributed by atoms with van der Waals surface area (Å²) < 4.78 is 0. The van der Waals surface area contributed by atoms with E-state index in [2.05, 4.69) is 28.2 Å². The van der Waals surface area contributed by atoms with Gasteiger partial charge in [0.05, 0.1) is 30.0 Å². The number of carbonyl (C=O) groups excluding carboxylic acids is 9. The predicted octanol–water partition coefficient (Wildman–Crippen LogP) is 13.5. The number of rotatable bonds is 65. The van der Waals surface area contributed by atoms with Crippen molar-refractivity contribution >= 4 is 76.4 Å². The second kappa shape index (κ2) is 70.3. The molecule has 0 saturated carbocycles. The van der Waals surface area contributed by atoms with Gasteiger partial charge in [0.25, 0.3) is 0 Å². The molecule has 6 atom stereocenters. The summed E-state index contributed by atoms with van der Waals surface area (Å²) in [6.07, 6.45) is 35.7. The van der Waals surface area contributed by atoms with Crippen LogP contribution in [0.3, 0.4) is 0 Å². The molecule has 0 aliphatic heterocycles. The molecule has 24 heteroatoms. The van der Waals surface area contributed by atoms with Crippen molar-refractivity contribution in [2.24, 2.45) is 40.4 Å². The first-order chi connectivity index (χ1) is 48.7. The fourth-order valence-electron chi connectivity index (χ4n) is 10.6. The van der Waals surface area contributed by atoms with Crippen molar-refractivity contribution < 1.29 is 82.8 Å². The summed E-state index contributed by atoms with van der Waals surface area (Å²) in [4.78, 5) is 149. The highest BCUT2D eigenvalue weighted by Crippen LogP contribution is 2.20. The van der Waals surface area contributed by atoms with Gasteiger partial charge in [0.1, 0.15) is 28.9 Å². The summed E-state index contributed by atoms with van der Waals surface area (Å²) in [5, 5.41) is 47.4. The van der Waals surface area contributed by atoms with Gasteiger partial charge in [-0.3, -0.25) is 62.3 Å². The third kappa shape index (κ3) is 74.1. The minimum absolute atomic E-state index is 0.0308. The van der Waals surface area contributed by atoms with Crippen LogP contribution in [0.15, 0.2) is 0 Å². The Morgan fingerprint density at radius 3 is 0.864 bits per heavy atom. The number of unbranched alkanes of at least 4 members (excludes halogenated alkanes) is 25. The van der Waals surface area contributed by atoms with Crippen molar-refractivity contribution in [3.05, 3.63) is 0 Å². The maximum absolute atomic E-state index is 12.4. The summed E-state index contributed by atoms with van der Waals surface area (Å²) in [6.45, 7) is 18.4. The highest BCUT2D eigenvalue weighted by atomic mass is 16.4. The fourth-order valence-corrected chi connectivity index (χ4v) is 10.6. The molecule has 0 fully saturated rings. The maximum Gasteiger partial charge on any atom is 0.306 e. The Kier molecular flexibility index (Phi) is 70.5. The molecule has 0 unspecified atom stereocenters. The van der Waals surface area contributed by atoms with E-state index in [-0.39, 0.29) is 109 Å². The lowest BCUT2D eigenvalue weighted by Gasteiger charge is -2.13. The molecule has 103 heavy (non-hydrogen) atoms. The van der Waals surface area contributed by atoms with Crippen LogP contribution in [-0.2, 0) is 62.3 Å². The lowest BCUT2D eigenvalue weighted by molar-refractivity contribution is -0.144. The van der Waals surface area contributed by atoms with E-state index in [9.17, 15) is 72.5 Å². The summed E-state index contributed by atoms with van der Waals surface area (Å²) in [5.74, 6) is -5.47. The van der Waals surface area contributed by atoms with Crippen LogP contribution in [0, 0.1) is 23.2 Å². The van der Waals surface area contributed by atoms with E-state index in [0.29, 0.717) is 96.2 Å². The number of carboxylic acid groups (broad SMARTS) is 4. The summed E-state index contributed by atoms with van der Waals surface area (Å²) in [6, 6.07) is -1.65. The molecule has 14 N–H and O–H groups in total. The first kappa shape index (κ1) is 103. The van der Waals surface area contributed by atoms with Crippen LogP contribution in [0.1, 0.15) is 358 Å². The van der Waals surface area contributed by atoms with Gasteiger partial charge < -0.3 is 58.9 Å². The zero-order valence-corrected chi connectivity index (χ0v) is 65.6. The van der Waals surface area contributed by atoms with Crippen LogP contribution in [0.2, 0.25) is 0 Å². The van der Waals surface area contributed by atoms with Gasteiger partial charge in [-0.05, 0) is 130 Å². The zero-order chi connectivity index (χ0) is 78.7. The number of nitrogens with one attached hydrogen (secondary N) is 4. The summed E-state index contributed by atoms with van der Waals surface area (Å²) >= 11 is 0. The van der Waals surface area contributed by atoms with Crippen molar-refractivity contribution in [2.75, 3.05) is 26.2 Å². The van der Waals surface area contributed by atoms with E-state index in [4.69, 9.17) is 27.4 Å². The number of carbonyl (C=O) groups is 13. The number of nitrogens with two attached hydrogens (primary N) is 3. The lowest BCUT2D eigenvalue weighted by Crippen LogP contribution is -2.41. The molecule has 0 saturated heterocycles.